The molecular formula is C21H19N3O4. The summed E-state index contributed by atoms with van der Waals surface area (Å²) in [7, 11) is 0. The van der Waals surface area contributed by atoms with Crippen LogP contribution in [0.1, 0.15) is 22.5 Å². The smallest absolute Gasteiger partial charge is 0.331 e. The molecule has 1 heterocycles. The van der Waals surface area contributed by atoms with Crippen LogP contribution in [0.15, 0.2) is 60.7 Å². The maximum absolute atomic E-state index is 12.1. The van der Waals surface area contributed by atoms with E-state index in [4.69, 9.17) is 4.74 Å². The van der Waals surface area contributed by atoms with Gasteiger partial charge in [0.1, 0.15) is 6.61 Å². The number of hydrogen-bond acceptors (Lipinski definition) is 5. The Hall–Kier alpha value is -3.74. The number of benzene rings is 2. The zero-order valence-corrected chi connectivity index (χ0v) is 15.5. The van der Waals surface area contributed by atoms with Crippen molar-refractivity contribution in [2.45, 2.75) is 20.5 Å². The molecule has 0 N–H and O–H groups in total. The fraction of sp³-hybridized carbons (Fsp3) is 0.143. The van der Waals surface area contributed by atoms with Crippen molar-refractivity contribution in [3.05, 3.63) is 93.3 Å². The second kappa shape index (κ2) is 8.30. The second-order valence-corrected chi connectivity index (χ2v) is 6.16. The topological polar surface area (TPSA) is 87.3 Å². The molecule has 0 aliphatic carbocycles. The second-order valence-electron chi connectivity index (χ2n) is 6.16. The molecule has 0 saturated heterocycles. The molecule has 1 aromatic heterocycles. The zero-order valence-electron chi connectivity index (χ0n) is 15.5. The minimum Gasteiger partial charge on any atom is -0.457 e. The van der Waals surface area contributed by atoms with Gasteiger partial charge in [-0.15, -0.1) is 0 Å². The van der Waals surface area contributed by atoms with E-state index in [2.05, 4.69) is 5.10 Å². The van der Waals surface area contributed by atoms with Crippen molar-refractivity contribution < 1.29 is 14.5 Å². The van der Waals surface area contributed by atoms with Gasteiger partial charge in [0.15, 0.2) is 0 Å². The zero-order chi connectivity index (χ0) is 20.1. The fourth-order valence-electron chi connectivity index (χ4n) is 2.88. The number of nitro benzene ring substituents is 1. The van der Waals surface area contributed by atoms with Crippen LogP contribution in [0.2, 0.25) is 0 Å². The normalized spacial score (nSPS) is 10.9. The largest absolute Gasteiger partial charge is 0.457 e. The lowest BCUT2D eigenvalue weighted by atomic mass is 10.2. The molecule has 0 aliphatic heterocycles. The lowest BCUT2D eigenvalue weighted by Gasteiger charge is -2.04. The van der Waals surface area contributed by atoms with E-state index in [1.165, 1.54) is 12.1 Å². The molecule has 0 bridgehead atoms. The molecule has 3 rings (SSSR count). The van der Waals surface area contributed by atoms with Gasteiger partial charge in [-0.05, 0) is 38.1 Å². The van der Waals surface area contributed by atoms with Crippen LogP contribution >= 0.6 is 0 Å². The lowest BCUT2D eigenvalue weighted by Crippen LogP contribution is -2.03. The summed E-state index contributed by atoms with van der Waals surface area (Å²) < 4.78 is 6.97. The molecular weight excluding hydrogens is 358 g/mol. The Balaban J connectivity index is 1.72. The number of carbonyl (C=O) groups excluding carboxylic acids is 1. The maximum atomic E-state index is 12.1. The summed E-state index contributed by atoms with van der Waals surface area (Å²) in [6, 6.07) is 15.9. The van der Waals surface area contributed by atoms with E-state index in [9.17, 15) is 14.9 Å². The first-order chi connectivity index (χ1) is 13.5. The van der Waals surface area contributed by atoms with E-state index >= 15 is 0 Å². The Bertz CT molecular complexity index is 1040. The molecule has 28 heavy (non-hydrogen) atoms. The van der Waals surface area contributed by atoms with Gasteiger partial charge in [-0.2, -0.15) is 5.10 Å². The summed E-state index contributed by atoms with van der Waals surface area (Å²) in [5.74, 6) is -0.579. The third-order valence-electron chi connectivity index (χ3n) is 4.29. The van der Waals surface area contributed by atoms with E-state index in [1.807, 2.05) is 48.9 Å². The van der Waals surface area contributed by atoms with Crippen LogP contribution in [0.25, 0.3) is 11.8 Å². The molecule has 7 nitrogen and oxygen atoms in total. The molecule has 7 heteroatoms. The Labute approximate surface area is 162 Å². The summed E-state index contributed by atoms with van der Waals surface area (Å²) in [4.78, 5) is 22.6. The van der Waals surface area contributed by atoms with Crippen molar-refractivity contribution in [2.24, 2.45) is 0 Å². The van der Waals surface area contributed by atoms with Crippen LogP contribution in [0.5, 0.6) is 0 Å². The predicted octanol–water partition coefficient (Wildman–Crippen LogP) is 4.15. The van der Waals surface area contributed by atoms with Gasteiger partial charge in [0, 0.05) is 23.4 Å². The minimum absolute atomic E-state index is 0.0740. The molecule has 142 valence electrons. The van der Waals surface area contributed by atoms with Crippen molar-refractivity contribution in [2.75, 3.05) is 0 Å². The van der Waals surface area contributed by atoms with E-state index in [0.717, 1.165) is 22.6 Å². The number of para-hydroxylation sites is 2. The lowest BCUT2D eigenvalue weighted by molar-refractivity contribution is -0.385. The number of esters is 1. The van der Waals surface area contributed by atoms with Gasteiger partial charge >= 0.3 is 5.97 Å². The van der Waals surface area contributed by atoms with E-state index in [-0.39, 0.29) is 12.3 Å². The highest BCUT2D eigenvalue weighted by Gasteiger charge is 2.14. The van der Waals surface area contributed by atoms with Crippen molar-refractivity contribution >= 4 is 17.7 Å². The molecule has 2 aromatic carbocycles. The highest BCUT2D eigenvalue weighted by Crippen LogP contribution is 2.20. The van der Waals surface area contributed by atoms with Gasteiger partial charge in [0.25, 0.3) is 5.69 Å². The third kappa shape index (κ3) is 4.15. The van der Waals surface area contributed by atoms with Crippen molar-refractivity contribution in [1.29, 1.82) is 0 Å². The first-order valence-electron chi connectivity index (χ1n) is 8.66. The molecule has 0 atom stereocenters. The molecule has 0 spiro atoms. The van der Waals surface area contributed by atoms with E-state index in [1.54, 1.807) is 24.3 Å². The van der Waals surface area contributed by atoms with Crippen molar-refractivity contribution in [3.63, 3.8) is 0 Å². The quantitative estimate of drug-likeness (QED) is 0.279. The van der Waals surface area contributed by atoms with Gasteiger partial charge in [-0.1, -0.05) is 30.3 Å². The summed E-state index contributed by atoms with van der Waals surface area (Å²) in [5, 5.41) is 15.5. The fourth-order valence-corrected chi connectivity index (χ4v) is 2.88. The Morgan fingerprint density at radius 1 is 1.14 bits per heavy atom. The first-order valence-corrected chi connectivity index (χ1v) is 8.66. The predicted molar refractivity (Wildman–Crippen MR) is 105 cm³/mol. The van der Waals surface area contributed by atoms with Crippen LogP contribution < -0.4 is 0 Å². The van der Waals surface area contributed by atoms with Crippen LogP contribution in [0.4, 0.5) is 5.69 Å². The van der Waals surface area contributed by atoms with Crippen LogP contribution in [-0.2, 0) is 16.1 Å². The Kier molecular flexibility index (Phi) is 5.64. The van der Waals surface area contributed by atoms with Gasteiger partial charge < -0.3 is 4.74 Å². The molecule has 0 unspecified atom stereocenters. The molecule has 0 aliphatic rings. The van der Waals surface area contributed by atoms with Crippen molar-refractivity contribution in [3.8, 4) is 5.69 Å². The number of aromatic nitrogens is 2. The summed E-state index contributed by atoms with van der Waals surface area (Å²) >= 11 is 0. The monoisotopic (exact) mass is 377 g/mol. The number of nitro groups is 1. The van der Waals surface area contributed by atoms with Crippen LogP contribution in [-0.4, -0.2) is 20.7 Å². The standard InChI is InChI=1S/C21H19N3O4/c1-15-19(16(2)23(22-15)18-9-4-3-5-10-18)12-13-21(25)28-14-17-8-6-7-11-20(17)24(26)27/h3-13H,14H2,1-2H3/b13-12+. The highest BCUT2D eigenvalue weighted by atomic mass is 16.6. The summed E-state index contributed by atoms with van der Waals surface area (Å²) in [5.41, 5.74) is 3.71. The van der Waals surface area contributed by atoms with E-state index in [0.29, 0.717) is 5.56 Å². The van der Waals surface area contributed by atoms with Crippen LogP contribution in [0, 0.1) is 24.0 Å². The number of rotatable bonds is 6. The number of ether oxygens (including phenoxy) is 1. The minimum atomic E-state index is -0.579. The Morgan fingerprint density at radius 2 is 1.82 bits per heavy atom. The van der Waals surface area contributed by atoms with Gasteiger partial charge in [0.2, 0.25) is 0 Å². The summed E-state index contributed by atoms with van der Waals surface area (Å²) in [6.45, 7) is 3.62. The molecule has 0 radical (unpaired) electrons. The number of hydrogen-bond donors (Lipinski definition) is 0. The molecule has 0 amide bonds. The Morgan fingerprint density at radius 3 is 2.54 bits per heavy atom. The van der Waals surface area contributed by atoms with Crippen molar-refractivity contribution in [1.82, 2.24) is 9.78 Å². The van der Waals surface area contributed by atoms with Gasteiger partial charge in [-0.25, -0.2) is 9.48 Å². The van der Waals surface area contributed by atoms with E-state index < -0.39 is 10.9 Å². The average Bonchev–Trinajstić information content (AvgIpc) is 2.99. The number of carbonyl (C=O) groups is 1. The maximum Gasteiger partial charge on any atom is 0.331 e. The van der Waals surface area contributed by atoms with Gasteiger partial charge in [-0.3, -0.25) is 10.1 Å². The van der Waals surface area contributed by atoms with Gasteiger partial charge in [0.05, 0.1) is 21.9 Å². The average molecular weight is 377 g/mol. The molecule has 3 aromatic rings. The third-order valence-corrected chi connectivity index (χ3v) is 4.29. The number of nitrogens with zero attached hydrogens (tertiary/aromatic N) is 3. The molecule has 0 saturated carbocycles. The SMILES string of the molecule is Cc1nn(-c2ccccc2)c(C)c1/C=C/C(=O)OCc1ccccc1[N+](=O)[O-]. The number of aryl methyl sites for hydroxylation is 1. The molecule has 0 fully saturated rings. The highest BCUT2D eigenvalue weighted by molar-refractivity contribution is 5.87. The van der Waals surface area contributed by atoms with Crippen LogP contribution in [0.3, 0.4) is 0 Å². The summed E-state index contributed by atoms with van der Waals surface area (Å²) in [6.07, 6.45) is 2.96. The first kappa shape index (κ1) is 19.0.